The number of benzene rings is 2. The lowest BCUT2D eigenvalue weighted by Gasteiger charge is -2.26. The van der Waals surface area contributed by atoms with Crippen molar-refractivity contribution < 1.29 is 4.74 Å². The van der Waals surface area contributed by atoms with Crippen molar-refractivity contribution in [2.45, 2.75) is 78.6 Å². The molecular weight excluding hydrogens is 356 g/mol. The van der Waals surface area contributed by atoms with Crippen molar-refractivity contribution in [1.82, 2.24) is 4.90 Å². The highest BCUT2D eigenvalue weighted by atomic mass is 16.5. The molecule has 2 aromatic carbocycles. The molecule has 0 aliphatic heterocycles. The zero-order chi connectivity index (χ0) is 20.9. The molecule has 0 unspecified atom stereocenters. The van der Waals surface area contributed by atoms with Crippen molar-refractivity contribution in [2.75, 3.05) is 19.7 Å². The number of hydrogen-bond donors (Lipinski definition) is 1. The van der Waals surface area contributed by atoms with Crippen LogP contribution < -0.4 is 4.74 Å². The second-order valence-electron chi connectivity index (χ2n) is 7.96. The second-order valence-corrected chi connectivity index (χ2v) is 7.96. The van der Waals surface area contributed by atoms with Gasteiger partial charge in [0.05, 0.1) is 6.61 Å². The predicted molar refractivity (Wildman–Crippen MR) is 126 cm³/mol. The summed E-state index contributed by atoms with van der Waals surface area (Å²) in [5.74, 6) is 1.59. The number of hydrogen-bond acceptors (Lipinski definition) is 2. The molecular formula is C26H40N2O. The lowest BCUT2D eigenvalue weighted by Crippen LogP contribution is -2.33. The van der Waals surface area contributed by atoms with Crippen molar-refractivity contribution in [3.63, 3.8) is 0 Å². The Bertz CT molecular complexity index is 733. The number of rotatable bonds is 14. The van der Waals surface area contributed by atoms with Gasteiger partial charge in [-0.2, -0.15) is 0 Å². The van der Waals surface area contributed by atoms with Crippen LogP contribution in [0.3, 0.4) is 0 Å². The van der Waals surface area contributed by atoms with Crippen LogP contribution in [-0.4, -0.2) is 30.4 Å². The van der Waals surface area contributed by atoms with Crippen LogP contribution in [0.5, 0.6) is 5.75 Å². The number of nitrogens with one attached hydrogen (secondary N) is 1. The van der Waals surface area contributed by atoms with E-state index >= 15 is 0 Å². The normalized spacial score (nSPS) is 11.0. The largest absolute Gasteiger partial charge is 0.493 e. The zero-order valence-electron chi connectivity index (χ0n) is 18.8. The number of fused-ring (bicyclic) bond motifs is 1. The summed E-state index contributed by atoms with van der Waals surface area (Å²) in [6, 6.07) is 12.5. The van der Waals surface area contributed by atoms with Crippen molar-refractivity contribution >= 4 is 16.6 Å². The Morgan fingerprint density at radius 1 is 0.759 bits per heavy atom. The van der Waals surface area contributed by atoms with Crippen LogP contribution in [-0.2, 0) is 0 Å². The first kappa shape index (κ1) is 23.3. The Hall–Kier alpha value is -2.03. The van der Waals surface area contributed by atoms with Crippen LogP contribution in [0.15, 0.2) is 36.4 Å². The monoisotopic (exact) mass is 396 g/mol. The Kier molecular flexibility index (Phi) is 10.6. The smallest absolute Gasteiger partial charge is 0.128 e. The van der Waals surface area contributed by atoms with Crippen LogP contribution in [0.2, 0.25) is 0 Å². The number of amidine groups is 1. The van der Waals surface area contributed by atoms with Crippen molar-refractivity contribution in [3.05, 3.63) is 42.0 Å². The van der Waals surface area contributed by atoms with E-state index in [-0.39, 0.29) is 0 Å². The molecule has 0 aliphatic rings. The summed E-state index contributed by atoms with van der Waals surface area (Å²) >= 11 is 0. The highest BCUT2D eigenvalue weighted by Crippen LogP contribution is 2.30. The Labute approximate surface area is 178 Å². The lowest BCUT2D eigenvalue weighted by atomic mass is 10.0. The van der Waals surface area contributed by atoms with Gasteiger partial charge in [0.1, 0.15) is 11.6 Å². The van der Waals surface area contributed by atoms with Crippen molar-refractivity contribution in [3.8, 4) is 5.75 Å². The van der Waals surface area contributed by atoms with Crippen molar-refractivity contribution in [2.24, 2.45) is 0 Å². The second kappa shape index (κ2) is 13.2. The SMILES string of the molecule is CCCCCCCOc1ccc(C(=N)N(CCCC)CCCC)c2ccccc12. The fourth-order valence-corrected chi connectivity index (χ4v) is 3.70. The fraction of sp³-hybridized carbons (Fsp3) is 0.577. The summed E-state index contributed by atoms with van der Waals surface area (Å²) in [6.07, 6.45) is 10.8. The van der Waals surface area contributed by atoms with Gasteiger partial charge >= 0.3 is 0 Å². The molecule has 0 fully saturated rings. The predicted octanol–water partition coefficient (Wildman–Crippen LogP) is 7.42. The van der Waals surface area contributed by atoms with Gasteiger partial charge in [-0.05, 0) is 36.8 Å². The van der Waals surface area contributed by atoms with E-state index in [2.05, 4.69) is 62.1 Å². The molecule has 0 aromatic heterocycles. The molecule has 0 aliphatic carbocycles. The molecule has 29 heavy (non-hydrogen) atoms. The quantitative estimate of drug-likeness (QED) is 0.205. The summed E-state index contributed by atoms with van der Waals surface area (Å²) in [6.45, 7) is 9.35. The minimum Gasteiger partial charge on any atom is -0.493 e. The van der Waals surface area contributed by atoms with E-state index in [0.717, 1.165) is 73.9 Å². The molecule has 0 heterocycles. The van der Waals surface area contributed by atoms with Gasteiger partial charge in [0.25, 0.3) is 0 Å². The molecule has 2 aromatic rings. The maximum absolute atomic E-state index is 8.91. The minimum atomic E-state index is 0.647. The molecule has 0 bridgehead atoms. The van der Waals surface area contributed by atoms with E-state index in [9.17, 15) is 0 Å². The average Bonchev–Trinajstić information content (AvgIpc) is 2.75. The summed E-state index contributed by atoms with van der Waals surface area (Å²) in [7, 11) is 0. The van der Waals surface area contributed by atoms with E-state index < -0.39 is 0 Å². The van der Waals surface area contributed by atoms with Crippen LogP contribution in [0.1, 0.15) is 84.1 Å². The lowest BCUT2D eigenvalue weighted by molar-refractivity contribution is 0.308. The molecule has 0 atom stereocenters. The molecule has 1 N–H and O–H groups in total. The Morgan fingerprint density at radius 2 is 1.38 bits per heavy atom. The third-order valence-corrected chi connectivity index (χ3v) is 5.52. The minimum absolute atomic E-state index is 0.647. The maximum atomic E-state index is 8.91. The molecule has 3 nitrogen and oxygen atoms in total. The summed E-state index contributed by atoms with van der Waals surface area (Å²) in [4.78, 5) is 2.25. The highest BCUT2D eigenvalue weighted by molar-refractivity contribution is 6.09. The van der Waals surface area contributed by atoms with Gasteiger partial charge in [0.2, 0.25) is 0 Å². The summed E-state index contributed by atoms with van der Waals surface area (Å²) in [5, 5.41) is 11.2. The van der Waals surface area contributed by atoms with E-state index in [1.165, 1.54) is 25.7 Å². The Balaban J connectivity index is 2.16. The molecule has 0 spiro atoms. The molecule has 0 saturated heterocycles. The van der Waals surface area contributed by atoms with Crippen molar-refractivity contribution in [1.29, 1.82) is 5.41 Å². The molecule has 3 heteroatoms. The van der Waals surface area contributed by atoms with Gasteiger partial charge in [-0.15, -0.1) is 0 Å². The van der Waals surface area contributed by atoms with Gasteiger partial charge in [0.15, 0.2) is 0 Å². The van der Waals surface area contributed by atoms with E-state index in [1.807, 2.05) is 0 Å². The first-order valence-corrected chi connectivity index (χ1v) is 11.7. The summed E-state index contributed by atoms with van der Waals surface area (Å²) < 4.78 is 6.14. The van der Waals surface area contributed by atoms with E-state index in [0.29, 0.717) is 5.84 Å². The topological polar surface area (TPSA) is 36.3 Å². The molecule has 0 amide bonds. The number of ether oxygens (including phenoxy) is 1. The third kappa shape index (κ3) is 7.06. The van der Waals surface area contributed by atoms with Gasteiger partial charge in [-0.3, -0.25) is 5.41 Å². The molecule has 0 radical (unpaired) electrons. The fourth-order valence-electron chi connectivity index (χ4n) is 3.70. The average molecular weight is 397 g/mol. The van der Waals surface area contributed by atoms with Gasteiger partial charge in [0, 0.05) is 24.0 Å². The first-order chi connectivity index (χ1) is 14.2. The van der Waals surface area contributed by atoms with Crippen LogP contribution in [0.25, 0.3) is 10.8 Å². The third-order valence-electron chi connectivity index (χ3n) is 5.52. The van der Waals surface area contributed by atoms with Gasteiger partial charge in [-0.1, -0.05) is 83.6 Å². The summed E-state index contributed by atoms with van der Waals surface area (Å²) in [5.41, 5.74) is 1.02. The molecule has 160 valence electrons. The number of unbranched alkanes of at least 4 members (excludes halogenated alkanes) is 6. The van der Waals surface area contributed by atoms with Gasteiger partial charge < -0.3 is 9.64 Å². The Morgan fingerprint density at radius 3 is 2.03 bits per heavy atom. The molecule has 2 rings (SSSR count). The number of nitrogens with zero attached hydrogens (tertiary/aromatic N) is 1. The van der Waals surface area contributed by atoms with E-state index in [1.54, 1.807) is 0 Å². The highest BCUT2D eigenvalue weighted by Gasteiger charge is 2.15. The standard InChI is InChI=1S/C26H40N2O/c1-4-7-10-11-14-21-29-25-18-17-24(22-15-12-13-16-23(22)25)26(27)28(19-8-5-2)20-9-6-3/h12-13,15-18,27H,4-11,14,19-21H2,1-3H3. The van der Waals surface area contributed by atoms with Crippen LogP contribution >= 0.6 is 0 Å². The zero-order valence-corrected chi connectivity index (χ0v) is 18.8. The maximum Gasteiger partial charge on any atom is 0.128 e. The van der Waals surface area contributed by atoms with Gasteiger partial charge in [-0.25, -0.2) is 0 Å². The molecule has 0 saturated carbocycles. The first-order valence-electron chi connectivity index (χ1n) is 11.7. The van der Waals surface area contributed by atoms with Crippen LogP contribution in [0.4, 0.5) is 0 Å². The van der Waals surface area contributed by atoms with Crippen LogP contribution in [0, 0.1) is 5.41 Å². The van der Waals surface area contributed by atoms with E-state index in [4.69, 9.17) is 10.1 Å².